The predicted octanol–water partition coefficient (Wildman–Crippen LogP) is 4.66. The molecule has 0 aromatic heterocycles. The Balaban J connectivity index is 1.29. The highest BCUT2D eigenvalue weighted by atomic mass is 32.2. The number of fused-ring (bicyclic) bond motifs is 5. The van der Waals surface area contributed by atoms with Crippen LogP contribution in [0.1, 0.15) is 85.1 Å². The molecule has 4 N–H and O–H groups in total. The molecule has 6 aliphatic rings. The van der Waals surface area contributed by atoms with E-state index in [4.69, 9.17) is 9.47 Å². The van der Waals surface area contributed by atoms with E-state index >= 15 is 8.78 Å². The van der Waals surface area contributed by atoms with Gasteiger partial charge in [-0.05, 0) is 87.5 Å². The van der Waals surface area contributed by atoms with Crippen molar-refractivity contribution in [3.63, 3.8) is 0 Å². The third kappa shape index (κ3) is 8.13. The number of nitrogens with zero attached hydrogens (tertiary/aromatic N) is 3. The topological polar surface area (TPSA) is 208 Å². The van der Waals surface area contributed by atoms with Crippen molar-refractivity contribution in [3.05, 3.63) is 35.9 Å². The van der Waals surface area contributed by atoms with Gasteiger partial charge in [-0.25, -0.2) is 27.0 Å². The maximum absolute atomic E-state index is 16.3. The lowest BCUT2D eigenvalue weighted by Gasteiger charge is -2.36. The van der Waals surface area contributed by atoms with Crippen LogP contribution < -0.4 is 20.7 Å². The van der Waals surface area contributed by atoms with Crippen LogP contribution in [0.2, 0.25) is 0 Å². The molecule has 20 heteroatoms. The Kier molecular flexibility index (Phi) is 10.9. The molecule has 2 unspecified atom stereocenters. The zero-order valence-electron chi connectivity index (χ0n) is 33.8. The molecule has 15 nitrogen and oxygen atoms in total. The van der Waals surface area contributed by atoms with Gasteiger partial charge >= 0.3 is 6.09 Å². The van der Waals surface area contributed by atoms with Crippen molar-refractivity contribution in [2.75, 3.05) is 11.9 Å². The number of alkyl halides is 4. The Morgan fingerprint density at radius 1 is 1.13 bits per heavy atom. The second-order valence-electron chi connectivity index (χ2n) is 18.1. The number of alkyl carbamates (subject to hydrolysis) is 1. The molecule has 1 aromatic rings. The van der Waals surface area contributed by atoms with Gasteiger partial charge in [0, 0.05) is 5.92 Å². The molecular formula is C40H49F4N7O8S. The van der Waals surface area contributed by atoms with Crippen LogP contribution in [-0.2, 0) is 33.9 Å². The van der Waals surface area contributed by atoms with Crippen LogP contribution in [0.3, 0.4) is 0 Å². The van der Waals surface area contributed by atoms with Gasteiger partial charge < -0.3 is 30.3 Å². The summed E-state index contributed by atoms with van der Waals surface area (Å²) in [6, 6.07) is 1.36. The highest BCUT2D eigenvalue weighted by molar-refractivity contribution is 7.91. The number of ether oxygens (including phenoxy) is 2. The Hall–Kier alpha value is -4.93. The fraction of sp³-hybridized carbons (Fsp3) is 0.650. The van der Waals surface area contributed by atoms with Crippen molar-refractivity contribution < 1.29 is 54.6 Å². The average molecular weight is 864 g/mol. The molecule has 2 bridgehead atoms. The number of hydrogen-bond donors (Lipinski definition) is 4. The summed E-state index contributed by atoms with van der Waals surface area (Å²) in [6.07, 6.45) is -2.77. The first-order valence-electron chi connectivity index (χ1n) is 20.1. The average Bonchev–Trinajstić information content (AvgIpc) is 4.12. The Labute approximate surface area is 345 Å². The van der Waals surface area contributed by atoms with Crippen LogP contribution >= 0.6 is 0 Å². The molecule has 3 aliphatic carbocycles. The Bertz CT molecular complexity index is 2170. The molecule has 7 rings (SSSR count). The van der Waals surface area contributed by atoms with E-state index in [1.54, 1.807) is 27.7 Å². The fourth-order valence-corrected chi connectivity index (χ4v) is 9.64. The van der Waals surface area contributed by atoms with Gasteiger partial charge in [0.2, 0.25) is 34.2 Å². The van der Waals surface area contributed by atoms with Crippen molar-refractivity contribution in [3.8, 4) is 6.07 Å². The molecule has 3 saturated carbocycles. The third-order valence-electron chi connectivity index (χ3n) is 12.6. The number of carbonyl (C=O) groups excluding carboxylic acids is 4. The smallest absolute Gasteiger partial charge is 0.408 e. The number of allylic oxidation sites excluding steroid dienone is 1. The molecule has 3 heterocycles. The first kappa shape index (κ1) is 43.2. The summed E-state index contributed by atoms with van der Waals surface area (Å²) in [5.41, 5.74) is -2.91. The van der Waals surface area contributed by atoms with E-state index in [1.807, 2.05) is 10.8 Å². The minimum absolute atomic E-state index is 0.0340. The summed E-state index contributed by atoms with van der Waals surface area (Å²) >= 11 is 0. The number of rotatable bonds is 7. The minimum Gasteiger partial charge on any atom is -0.473 e. The highest BCUT2D eigenvalue weighted by Gasteiger charge is 2.68. The number of hydrogen-bond acceptors (Lipinski definition) is 11. The summed E-state index contributed by atoms with van der Waals surface area (Å²) < 4.78 is 100.0. The summed E-state index contributed by atoms with van der Waals surface area (Å²) in [4.78, 5) is 61.9. The van der Waals surface area contributed by atoms with Crippen LogP contribution in [0.5, 0.6) is 0 Å². The lowest BCUT2D eigenvalue weighted by molar-refractivity contribution is -0.144. The molecule has 1 aromatic carbocycles. The lowest BCUT2D eigenvalue weighted by Crippen LogP contribution is -2.61. The van der Waals surface area contributed by atoms with Crippen LogP contribution in [-0.4, -0.2) is 103 Å². The van der Waals surface area contributed by atoms with Gasteiger partial charge in [-0.15, -0.1) is 0 Å². The van der Waals surface area contributed by atoms with E-state index in [0.717, 1.165) is 11.0 Å². The maximum atomic E-state index is 16.3. The van der Waals surface area contributed by atoms with Gasteiger partial charge in [0.05, 0.1) is 40.2 Å². The molecule has 0 spiro atoms. The zero-order valence-corrected chi connectivity index (χ0v) is 34.6. The Morgan fingerprint density at radius 2 is 1.85 bits per heavy atom. The molecule has 9 atom stereocenters. The minimum atomic E-state index is -4.32. The molecule has 0 radical (unpaired) electrons. The van der Waals surface area contributed by atoms with Crippen molar-refractivity contribution in [1.82, 2.24) is 20.3 Å². The molecule has 1 saturated heterocycles. The van der Waals surface area contributed by atoms with Gasteiger partial charge in [-0.2, -0.15) is 14.0 Å². The van der Waals surface area contributed by atoms with Crippen molar-refractivity contribution in [1.29, 1.82) is 5.26 Å². The van der Waals surface area contributed by atoms with Gasteiger partial charge in [-0.3, -0.25) is 19.1 Å². The molecule has 3 aliphatic heterocycles. The monoisotopic (exact) mass is 863 g/mol. The van der Waals surface area contributed by atoms with Crippen LogP contribution in [0.4, 0.5) is 33.7 Å². The molecule has 4 fully saturated rings. The predicted molar refractivity (Wildman–Crippen MR) is 208 cm³/mol. The molecule has 4 amide bonds. The van der Waals surface area contributed by atoms with E-state index in [0.29, 0.717) is 12.8 Å². The zero-order chi connectivity index (χ0) is 43.7. The summed E-state index contributed by atoms with van der Waals surface area (Å²) in [5.74, 6) is -10.4. The van der Waals surface area contributed by atoms with Gasteiger partial charge in [0.25, 0.3) is 11.8 Å². The normalized spacial score (nSPS) is 33.5. The Morgan fingerprint density at radius 3 is 2.47 bits per heavy atom. The maximum Gasteiger partial charge on any atom is 0.408 e. The molecule has 326 valence electrons. The highest BCUT2D eigenvalue weighted by Crippen LogP contribution is 2.50. The number of halogens is 4. The van der Waals surface area contributed by atoms with Gasteiger partial charge in [-0.1, -0.05) is 33.8 Å². The van der Waals surface area contributed by atoms with Gasteiger partial charge in [0.1, 0.15) is 29.8 Å². The third-order valence-corrected chi connectivity index (χ3v) is 14.8. The van der Waals surface area contributed by atoms with Crippen molar-refractivity contribution in [2.45, 2.75) is 133 Å². The summed E-state index contributed by atoms with van der Waals surface area (Å²) in [6.45, 7) is 7.54. The molecule has 60 heavy (non-hydrogen) atoms. The van der Waals surface area contributed by atoms with E-state index < -0.39 is 123 Å². The summed E-state index contributed by atoms with van der Waals surface area (Å²) in [7, 11) is -4.32. The largest absolute Gasteiger partial charge is 0.473 e. The number of nitriles is 1. The fourth-order valence-electron chi connectivity index (χ4n) is 8.32. The number of aliphatic imine (C=N–C) groups is 1. The lowest BCUT2D eigenvalue weighted by atomic mass is 9.85. The number of sulfonamides is 1. The van der Waals surface area contributed by atoms with E-state index in [-0.39, 0.29) is 48.5 Å². The number of carbonyl (C=O) groups is 4. The SMILES string of the molecule is CC[C@@H]1[C@@H]2CN(C(=O)[C@H](C(C)(C)C)NC(=O)O[C@@H]3CC3CC/C=C/C(F)(F)C3Nc4ccc(C#N)cc4N=C3O2)[C@@H]1C(=O)N[C@]1(C(=O)NS(=O)(=O)C2(C)CC2)C[C@H]1C(F)F. The number of amides is 4. The summed E-state index contributed by atoms with van der Waals surface area (Å²) in [5, 5.41) is 17.4. The van der Waals surface area contributed by atoms with E-state index in [9.17, 15) is 41.6 Å². The second kappa shape index (κ2) is 15.2. The van der Waals surface area contributed by atoms with E-state index in [1.165, 1.54) is 31.2 Å². The standard InChI is InChI=1S/C40H49F4N7O8S/c1-6-22-27-19-51(28(22)32(52)49-39(17-23(39)31(41)42)35(54)50-60(56,57)38(5)13-14-38)34(53)30(37(2,3)4)48-36(55)59-26-16-21(26)9-7-8-12-40(43,44)29-33(58-27)47-25-15-20(18-45)10-11-24(25)46-29/h8,10-12,15,21-23,26-31,46H,6-7,9,13-14,16-17,19H2,1-5H3,(H,48,55)(H,49,52)(H,50,54)/b12-8+/t21?,22-,23+,26-,27+,28+,29?,30-,39-/m1/s1. The number of benzene rings is 1. The van der Waals surface area contributed by atoms with Crippen molar-refractivity contribution in [2.24, 2.45) is 28.2 Å². The van der Waals surface area contributed by atoms with E-state index in [2.05, 4.69) is 20.9 Å². The first-order valence-corrected chi connectivity index (χ1v) is 21.6. The van der Waals surface area contributed by atoms with Gasteiger partial charge in [0.15, 0.2) is 6.04 Å². The quantitative estimate of drug-likeness (QED) is 0.220. The van der Waals surface area contributed by atoms with Crippen LogP contribution in [0.15, 0.2) is 35.3 Å². The van der Waals surface area contributed by atoms with Crippen LogP contribution in [0, 0.1) is 34.5 Å². The van der Waals surface area contributed by atoms with Crippen LogP contribution in [0.25, 0.3) is 0 Å². The molecular weight excluding hydrogens is 815 g/mol. The van der Waals surface area contributed by atoms with Crippen molar-refractivity contribution >= 4 is 51.1 Å². The first-order chi connectivity index (χ1) is 28.0. The number of nitrogens with one attached hydrogen (secondary N) is 4. The second-order valence-corrected chi connectivity index (χ2v) is 20.3. The number of anilines is 1.